The quantitative estimate of drug-likeness (QED) is 0.607. The van der Waals surface area contributed by atoms with E-state index in [4.69, 9.17) is 5.73 Å². The Labute approximate surface area is 131 Å². The second-order valence-corrected chi connectivity index (χ2v) is 5.42. The molecule has 0 atom stereocenters. The lowest BCUT2D eigenvalue weighted by Gasteiger charge is -2.10. The predicted octanol–water partition coefficient (Wildman–Crippen LogP) is 1.49. The molecule has 0 radical (unpaired) electrons. The third-order valence-corrected chi connectivity index (χ3v) is 3.63. The van der Waals surface area contributed by atoms with Crippen molar-refractivity contribution in [2.75, 3.05) is 5.73 Å². The summed E-state index contributed by atoms with van der Waals surface area (Å²) in [6.45, 7) is 0. The molecule has 0 fully saturated rings. The first kappa shape index (κ1) is 14.0. The zero-order valence-electron chi connectivity index (χ0n) is 11.0. The zero-order valence-corrected chi connectivity index (χ0v) is 12.6. The average molecular weight is 358 g/mol. The number of rotatable bonds is 1. The molecule has 0 aliphatic rings. The number of H-pyrrole nitrogens is 2. The standard InChI is InChI=1S/C14H8BrN5O2/c15-7-3-1-2-6(4-7)9-8(5-16)11(17)18-12-10(9)13(21)20-14(22)19-12/h1-4H,(H4,17,18,19,20,21,22). The van der Waals surface area contributed by atoms with Crippen LogP contribution >= 0.6 is 15.9 Å². The van der Waals surface area contributed by atoms with Crippen LogP contribution in [0.15, 0.2) is 38.3 Å². The number of hydrogen-bond acceptors (Lipinski definition) is 5. The molecular formula is C14H8BrN5O2. The lowest BCUT2D eigenvalue weighted by atomic mass is 9.98. The first-order valence-electron chi connectivity index (χ1n) is 6.13. The van der Waals surface area contributed by atoms with Gasteiger partial charge in [-0.3, -0.25) is 14.8 Å². The first-order valence-corrected chi connectivity index (χ1v) is 6.92. The largest absolute Gasteiger partial charge is 0.383 e. The number of benzene rings is 1. The van der Waals surface area contributed by atoms with E-state index in [-0.39, 0.29) is 22.4 Å². The van der Waals surface area contributed by atoms with Crippen molar-refractivity contribution in [3.63, 3.8) is 0 Å². The highest BCUT2D eigenvalue weighted by molar-refractivity contribution is 9.10. The van der Waals surface area contributed by atoms with E-state index >= 15 is 0 Å². The van der Waals surface area contributed by atoms with E-state index < -0.39 is 11.2 Å². The molecule has 0 aliphatic carbocycles. The molecule has 1 aromatic carbocycles. The number of nitrogen functional groups attached to an aromatic ring is 1. The Hall–Kier alpha value is -2.92. The van der Waals surface area contributed by atoms with Crippen molar-refractivity contribution in [2.45, 2.75) is 0 Å². The maximum absolute atomic E-state index is 12.2. The Bertz CT molecular complexity index is 1060. The van der Waals surface area contributed by atoms with Gasteiger partial charge in [0.25, 0.3) is 5.56 Å². The number of fused-ring (bicyclic) bond motifs is 1. The van der Waals surface area contributed by atoms with Crippen molar-refractivity contribution in [1.82, 2.24) is 15.0 Å². The van der Waals surface area contributed by atoms with Gasteiger partial charge in [-0.2, -0.15) is 5.26 Å². The smallest absolute Gasteiger partial charge is 0.327 e. The minimum atomic E-state index is -0.686. The van der Waals surface area contributed by atoms with Crippen LogP contribution in [0.4, 0.5) is 5.82 Å². The van der Waals surface area contributed by atoms with E-state index in [1.165, 1.54) is 0 Å². The van der Waals surface area contributed by atoms with Gasteiger partial charge in [0.1, 0.15) is 23.1 Å². The fraction of sp³-hybridized carbons (Fsp3) is 0. The summed E-state index contributed by atoms with van der Waals surface area (Å²) < 4.78 is 0.776. The number of anilines is 1. The number of pyridine rings is 1. The molecule has 0 unspecified atom stereocenters. The summed E-state index contributed by atoms with van der Waals surface area (Å²) >= 11 is 3.35. The molecule has 3 aromatic rings. The summed E-state index contributed by atoms with van der Waals surface area (Å²) in [6.07, 6.45) is 0. The Morgan fingerprint density at radius 3 is 2.73 bits per heavy atom. The van der Waals surface area contributed by atoms with E-state index in [1.807, 2.05) is 12.1 Å². The second-order valence-electron chi connectivity index (χ2n) is 4.50. The molecule has 0 spiro atoms. The SMILES string of the molecule is N#Cc1c(N)nc2[nH]c(=O)[nH]c(=O)c2c1-c1cccc(Br)c1. The number of nitriles is 1. The summed E-state index contributed by atoms with van der Waals surface area (Å²) in [4.78, 5) is 32.1. The Balaban J connectivity index is 2.59. The van der Waals surface area contributed by atoms with Gasteiger partial charge >= 0.3 is 5.69 Å². The van der Waals surface area contributed by atoms with Crippen LogP contribution in [-0.2, 0) is 0 Å². The van der Waals surface area contributed by atoms with Crippen molar-refractivity contribution in [3.8, 4) is 17.2 Å². The van der Waals surface area contributed by atoms with E-state index in [1.54, 1.807) is 18.2 Å². The monoisotopic (exact) mass is 357 g/mol. The summed E-state index contributed by atoms with van der Waals surface area (Å²) in [5.74, 6) is -0.0498. The molecule has 0 bridgehead atoms. The van der Waals surface area contributed by atoms with E-state index in [0.717, 1.165) is 4.47 Å². The molecule has 3 rings (SSSR count). The van der Waals surface area contributed by atoms with Crippen molar-refractivity contribution < 1.29 is 0 Å². The maximum atomic E-state index is 12.2. The molecule has 22 heavy (non-hydrogen) atoms. The fourth-order valence-corrected chi connectivity index (χ4v) is 2.66. The van der Waals surface area contributed by atoms with Crippen molar-refractivity contribution in [2.24, 2.45) is 0 Å². The number of nitrogens with zero attached hydrogens (tertiary/aromatic N) is 2. The van der Waals surface area contributed by atoms with Crippen LogP contribution in [0.25, 0.3) is 22.2 Å². The van der Waals surface area contributed by atoms with Gasteiger partial charge < -0.3 is 5.73 Å². The number of aromatic amines is 2. The lowest BCUT2D eigenvalue weighted by Crippen LogP contribution is -2.23. The van der Waals surface area contributed by atoms with E-state index in [9.17, 15) is 14.9 Å². The molecule has 7 nitrogen and oxygen atoms in total. The number of hydrogen-bond donors (Lipinski definition) is 3. The number of nitrogens with one attached hydrogen (secondary N) is 2. The van der Waals surface area contributed by atoms with Crippen LogP contribution in [0.3, 0.4) is 0 Å². The molecule has 4 N–H and O–H groups in total. The van der Waals surface area contributed by atoms with E-state index in [0.29, 0.717) is 11.1 Å². The number of halogens is 1. The molecular weight excluding hydrogens is 350 g/mol. The summed E-state index contributed by atoms with van der Waals surface area (Å²) in [5.41, 5.74) is 5.56. The molecule has 108 valence electrons. The fourth-order valence-electron chi connectivity index (χ4n) is 2.27. The highest BCUT2D eigenvalue weighted by Gasteiger charge is 2.18. The summed E-state index contributed by atoms with van der Waals surface area (Å²) in [7, 11) is 0. The predicted molar refractivity (Wildman–Crippen MR) is 85.2 cm³/mol. The van der Waals surface area contributed by atoms with Crippen LogP contribution in [-0.4, -0.2) is 15.0 Å². The highest BCUT2D eigenvalue weighted by Crippen LogP contribution is 2.32. The van der Waals surface area contributed by atoms with E-state index in [2.05, 4.69) is 30.9 Å². The van der Waals surface area contributed by atoms with Gasteiger partial charge in [-0.1, -0.05) is 28.1 Å². The average Bonchev–Trinajstić information content (AvgIpc) is 2.45. The molecule has 2 aromatic heterocycles. The minimum Gasteiger partial charge on any atom is -0.383 e. The summed E-state index contributed by atoms with van der Waals surface area (Å²) in [6, 6.07) is 9.04. The van der Waals surface area contributed by atoms with Gasteiger partial charge in [-0.05, 0) is 17.7 Å². The zero-order chi connectivity index (χ0) is 15.9. The van der Waals surface area contributed by atoms with Gasteiger partial charge in [0.15, 0.2) is 0 Å². The van der Waals surface area contributed by atoms with Gasteiger partial charge in [0, 0.05) is 10.0 Å². The maximum Gasteiger partial charge on any atom is 0.327 e. The van der Waals surface area contributed by atoms with Gasteiger partial charge in [0.05, 0.1) is 5.39 Å². The van der Waals surface area contributed by atoms with Gasteiger partial charge in [-0.25, -0.2) is 9.78 Å². The Morgan fingerprint density at radius 2 is 2.05 bits per heavy atom. The molecule has 2 heterocycles. The van der Waals surface area contributed by atoms with Crippen LogP contribution < -0.4 is 17.0 Å². The summed E-state index contributed by atoms with van der Waals surface area (Å²) in [5, 5.41) is 9.48. The van der Waals surface area contributed by atoms with Crippen LogP contribution in [0, 0.1) is 11.3 Å². The second kappa shape index (κ2) is 5.13. The third-order valence-electron chi connectivity index (χ3n) is 3.14. The van der Waals surface area contributed by atoms with Crippen LogP contribution in [0.5, 0.6) is 0 Å². The third kappa shape index (κ3) is 2.17. The highest BCUT2D eigenvalue weighted by atomic mass is 79.9. The van der Waals surface area contributed by atoms with Crippen molar-refractivity contribution >= 4 is 32.8 Å². The van der Waals surface area contributed by atoms with Gasteiger partial charge in [0.2, 0.25) is 0 Å². The van der Waals surface area contributed by atoms with Gasteiger partial charge in [-0.15, -0.1) is 0 Å². The van der Waals surface area contributed by atoms with Crippen molar-refractivity contribution in [1.29, 1.82) is 5.26 Å². The normalized spacial score (nSPS) is 10.5. The number of aromatic nitrogens is 3. The molecule has 8 heteroatoms. The number of nitrogens with two attached hydrogens (primary N) is 1. The molecule has 0 saturated heterocycles. The van der Waals surface area contributed by atoms with Crippen LogP contribution in [0.1, 0.15) is 5.56 Å². The molecule has 0 aliphatic heterocycles. The Kier molecular flexibility index (Phi) is 3.27. The topological polar surface area (TPSA) is 128 Å². The van der Waals surface area contributed by atoms with Crippen LogP contribution in [0.2, 0.25) is 0 Å². The molecule has 0 saturated carbocycles. The Morgan fingerprint density at radius 1 is 1.27 bits per heavy atom. The van der Waals surface area contributed by atoms with Crippen molar-refractivity contribution in [3.05, 3.63) is 55.1 Å². The first-order chi connectivity index (χ1) is 10.5. The lowest BCUT2D eigenvalue weighted by molar-refractivity contribution is 1.06. The molecule has 0 amide bonds. The minimum absolute atomic E-state index is 0.0419.